The molecule has 0 aliphatic rings. The van der Waals surface area contributed by atoms with Crippen LogP contribution in [0, 0.1) is 0 Å². The van der Waals surface area contributed by atoms with E-state index in [0.29, 0.717) is 10.0 Å². The standard InChI is InChI=1S/C18H20Cl2N2O/c1-12(14-6-4-3-5-7-14)22-18(23)11-21-13(2)16-9-8-15(19)10-17(16)20/h3-10,12-13,21H,11H2,1-2H3,(H,22,23)/t12-,13+/m0/s1. The maximum absolute atomic E-state index is 12.1. The van der Waals surface area contributed by atoms with Crippen molar-refractivity contribution >= 4 is 29.1 Å². The first-order valence-electron chi connectivity index (χ1n) is 7.50. The van der Waals surface area contributed by atoms with Crippen LogP contribution >= 0.6 is 23.2 Å². The summed E-state index contributed by atoms with van der Waals surface area (Å²) in [4.78, 5) is 12.1. The van der Waals surface area contributed by atoms with Crippen LogP contribution in [0.25, 0.3) is 0 Å². The number of hydrogen-bond donors (Lipinski definition) is 2. The Morgan fingerprint density at radius 2 is 1.74 bits per heavy atom. The van der Waals surface area contributed by atoms with Crippen LogP contribution in [0.5, 0.6) is 0 Å². The normalized spacial score (nSPS) is 13.4. The van der Waals surface area contributed by atoms with E-state index in [1.165, 1.54) is 0 Å². The minimum Gasteiger partial charge on any atom is -0.348 e. The topological polar surface area (TPSA) is 41.1 Å². The smallest absolute Gasteiger partial charge is 0.234 e. The molecule has 0 aromatic heterocycles. The summed E-state index contributed by atoms with van der Waals surface area (Å²) in [6.07, 6.45) is 0. The van der Waals surface area contributed by atoms with Crippen molar-refractivity contribution < 1.29 is 4.79 Å². The molecular formula is C18H20Cl2N2O. The second-order valence-electron chi connectivity index (χ2n) is 5.47. The summed E-state index contributed by atoms with van der Waals surface area (Å²) >= 11 is 12.1. The zero-order valence-electron chi connectivity index (χ0n) is 13.1. The molecule has 0 aliphatic carbocycles. The minimum atomic E-state index is -0.0571. The van der Waals surface area contributed by atoms with Gasteiger partial charge in [-0.05, 0) is 37.1 Å². The third kappa shape index (κ3) is 5.24. The number of benzene rings is 2. The number of carbonyl (C=O) groups excluding carboxylic acids is 1. The highest BCUT2D eigenvalue weighted by atomic mass is 35.5. The van der Waals surface area contributed by atoms with Gasteiger partial charge in [-0.1, -0.05) is 59.6 Å². The number of carbonyl (C=O) groups is 1. The summed E-state index contributed by atoms with van der Waals surface area (Å²) < 4.78 is 0. The molecule has 0 radical (unpaired) electrons. The van der Waals surface area contributed by atoms with E-state index in [-0.39, 0.29) is 24.5 Å². The molecule has 0 bridgehead atoms. The third-order valence-electron chi connectivity index (χ3n) is 3.67. The van der Waals surface area contributed by atoms with E-state index in [4.69, 9.17) is 23.2 Å². The molecule has 2 N–H and O–H groups in total. The average molecular weight is 351 g/mol. The highest BCUT2D eigenvalue weighted by molar-refractivity contribution is 6.35. The molecule has 23 heavy (non-hydrogen) atoms. The summed E-state index contributed by atoms with van der Waals surface area (Å²) in [7, 11) is 0. The zero-order chi connectivity index (χ0) is 16.8. The average Bonchev–Trinajstić information content (AvgIpc) is 2.53. The first-order chi connectivity index (χ1) is 11.0. The van der Waals surface area contributed by atoms with Gasteiger partial charge in [0.15, 0.2) is 0 Å². The zero-order valence-corrected chi connectivity index (χ0v) is 14.7. The molecule has 0 fully saturated rings. The first kappa shape index (κ1) is 17.8. The van der Waals surface area contributed by atoms with Gasteiger partial charge in [0.05, 0.1) is 12.6 Å². The molecule has 3 nitrogen and oxygen atoms in total. The molecule has 0 saturated heterocycles. The number of hydrogen-bond acceptors (Lipinski definition) is 2. The molecule has 0 heterocycles. The third-order valence-corrected chi connectivity index (χ3v) is 4.24. The van der Waals surface area contributed by atoms with Crippen molar-refractivity contribution in [3.05, 3.63) is 69.7 Å². The number of amides is 1. The Morgan fingerprint density at radius 3 is 2.39 bits per heavy atom. The monoisotopic (exact) mass is 350 g/mol. The lowest BCUT2D eigenvalue weighted by atomic mass is 10.1. The molecule has 122 valence electrons. The van der Waals surface area contributed by atoms with Gasteiger partial charge in [-0.3, -0.25) is 4.79 Å². The summed E-state index contributed by atoms with van der Waals surface area (Å²) in [6.45, 7) is 4.15. The molecule has 2 aromatic rings. The van der Waals surface area contributed by atoms with Crippen LogP contribution in [0.1, 0.15) is 37.1 Å². The van der Waals surface area contributed by atoms with Gasteiger partial charge in [-0.25, -0.2) is 0 Å². The molecule has 2 aromatic carbocycles. The molecule has 2 atom stereocenters. The molecule has 1 amide bonds. The van der Waals surface area contributed by atoms with E-state index < -0.39 is 0 Å². The van der Waals surface area contributed by atoms with Gasteiger partial charge < -0.3 is 10.6 Å². The summed E-state index contributed by atoms with van der Waals surface area (Å²) in [5.41, 5.74) is 2.00. The Labute approximate surface area is 147 Å². The largest absolute Gasteiger partial charge is 0.348 e. The minimum absolute atomic E-state index is 0.0278. The Morgan fingerprint density at radius 1 is 1.04 bits per heavy atom. The Kier molecular flexibility index (Phi) is 6.46. The van der Waals surface area contributed by atoms with Crippen LogP contribution in [-0.2, 0) is 4.79 Å². The van der Waals surface area contributed by atoms with Gasteiger partial charge in [0.1, 0.15) is 0 Å². The number of halogens is 2. The van der Waals surface area contributed by atoms with Crippen LogP contribution in [0.4, 0.5) is 0 Å². The summed E-state index contributed by atoms with van der Waals surface area (Å²) in [6, 6.07) is 15.2. The van der Waals surface area contributed by atoms with Gasteiger partial charge in [0.2, 0.25) is 5.91 Å². The molecule has 0 saturated carbocycles. The lowest BCUT2D eigenvalue weighted by molar-refractivity contribution is -0.121. The van der Waals surface area contributed by atoms with E-state index in [2.05, 4.69) is 10.6 Å². The summed E-state index contributed by atoms with van der Waals surface area (Å²) in [5, 5.41) is 7.34. The first-order valence-corrected chi connectivity index (χ1v) is 8.25. The SMILES string of the molecule is C[C@H](NC(=O)CN[C@H](C)c1ccc(Cl)cc1Cl)c1ccccc1. The quantitative estimate of drug-likeness (QED) is 0.803. The fourth-order valence-corrected chi connectivity index (χ4v) is 2.90. The van der Waals surface area contributed by atoms with Gasteiger partial charge >= 0.3 is 0 Å². The van der Waals surface area contributed by atoms with E-state index >= 15 is 0 Å². The van der Waals surface area contributed by atoms with E-state index in [1.54, 1.807) is 12.1 Å². The van der Waals surface area contributed by atoms with Crippen LogP contribution in [0.2, 0.25) is 10.0 Å². The molecule has 5 heteroatoms. The van der Waals surface area contributed by atoms with E-state index in [1.807, 2.05) is 50.2 Å². The van der Waals surface area contributed by atoms with Crippen molar-refractivity contribution in [1.82, 2.24) is 10.6 Å². The highest BCUT2D eigenvalue weighted by Crippen LogP contribution is 2.25. The lowest BCUT2D eigenvalue weighted by Gasteiger charge is -2.18. The fourth-order valence-electron chi connectivity index (χ4n) is 2.33. The maximum atomic E-state index is 12.1. The Hall–Kier alpha value is -1.55. The molecular weight excluding hydrogens is 331 g/mol. The van der Waals surface area contributed by atoms with Gasteiger partial charge in [0.25, 0.3) is 0 Å². The van der Waals surface area contributed by atoms with Crippen molar-refractivity contribution in [3.63, 3.8) is 0 Å². The Bertz CT molecular complexity index is 661. The second kappa shape index (κ2) is 8.34. The second-order valence-corrected chi connectivity index (χ2v) is 6.31. The number of rotatable bonds is 6. The highest BCUT2D eigenvalue weighted by Gasteiger charge is 2.13. The summed E-state index contributed by atoms with van der Waals surface area (Å²) in [5.74, 6) is -0.0571. The molecule has 0 unspecified atom stereocenters. The van der Waals surface area contributed by atoms with Crippen LogP contribution in [0.15, 0.2) is 48.5 Å². The number of nitrogens with one attached hydrogen (secondary N) is 2. The van der Waals surface area contributed by atoms with Gasteiger partial charge in [-0.15, -0.1) is 0 Å². The molecule has 0 aliphatic heterocycles. The van der Waals surface area contributed by atoms with Crippen LogP contribution < -0.4 is 10.6 Å². The van der Waals surface area contributed by atoms with Gasteiger partial charge in [0, 0.05) is 16.1 Å². The van der Waals surface area contributed by atoms with Crippen LogP contribution in [-0.4, -0.2) is 12.5 Å². The van der Waals surface area contributed by atoms with Gasteiger partial charge in [-0.2, -0.15) is 0 Å². The van der Waals surface area contributed by atoms with Crippen LogP contribution in [0.3, 0.4) is 0 Å². The van der Waals surface area contributed by atoms with Crippen molar-refractivity contribution in [2.75, 3.05) is 6.54 Å². The van der Waals surface area contributed by atoms with E-state index in [9.17, 15) is 4.79 Å². The molecule has 2 rings (SSSR count). The van der Waals surface area contributed by atoms with Crippen molar-refractivity contribution in [2.45, 2.75) is 25.9 Å². The van der Waals surface area contributed by atoms with E-state index in [0.717, 1.165) is 11.1 Å². The van der Waals surface area contributed by atoms with Crippen molar-refractivity contribution in [2.24, 2.45) is 0 Å². The Balaban J connectivity index is 1.86. The predicted molar refractivity (Wildman–Crippen MR) is 95.9 cm³/mol. The predicted octanol–water partition coefficient (Wildman–Crippen LogP) is 4.52. The maximum Gasteiger partial charge on any atom is 0.234 e. The fraction of sp³-hybridized carbons (Fsp3) is 0.278. The lowest BCUT2D eigenvalue weighted by Crippen LogP contribution is -2.36. The van der Waals surface area contributed by atoms with Crippen molar-refractivity contribution in [3.8, 4) is 0 Å². The van der Waals surface area contributed by atoms with Crippen molar-refractivity contribution in [1.29, 1.82) is 0 Å². The molecule has 0 spiro atoms.